The van der Waals surface area contributed by atoms with Gasteiger partial charge in [-0.25, -0.2) is 0 Å². The lowest BCUT2D eigenvalue weighted by atomic mass is 10.0. The Morgan fingerprint density at radius 2 is 1.82 bits per heavy atom. The highest BCUT2D eigenvalue weighted by Gasteiger charge is 2.39. The van der Waals surface area contributed by atoms with Crippen molar-refractivity contribution >= 4 is 29.3 Å². The van der Waals surface area contributed by atoms with E-state index >= 15 is 0 Å². The van der Waals surface area contributed by atoms with Crippen molar-refractivity contribution in [3.8, 4) is 5.75 Å². The summed E-state index contributed by atoms with van der Waals surface area (Å²) < 4.78 is 41.4. The van der Waals surface area contributed by atoms with Crippen molar-refractivity contribution < 1.29 is 37.1 Å². The number of imide groups is 1. The van der Waals surface area contributed by atoms with E-state index < -0.39 is 18.3 Å². The van der Waals surface area contributed by atoms with E-state index in [1.165, 1.54) is 34.1 Å². The number of hydrogen-bond donors (Lipinski definition) is 1. The quantitative estimate of drug-likeness (QED) is 0.692. The molecule has 0 aromatic heterocycles. The predicted octanol–water partition coefficient (Wildman–Crippen LogP) is 2.55. The molecule has 176 valence electrons. The van der Waals surface area contributed by atoms with Crippen LogP contribution in [0.2, 0.25) is 0 Å². The number of halogens is 3. The number of carbonyl (C=O) groups excluding carboxylic acids is 4. The third-order valence-electron chi connectivity index (χ3n) is 6.20. The maximum atomic E-state index is 13.2. The van der Waals surface area contributed by atoms with Gasteiger partial charge in [-0.2, -0.15) is 0 Å². The molecule has 0 radical (unpaired) electrons. The number of anilines is 1. The number of benzene rings is 2. The molecule has 11 heteroatoms. The molecule has 3 aliphatic rings. The van der Waals surface area contributed by atoms with Crippen molar-refractivity contribution in [2.24, 2.45) is 0 Å². The molecule has 34 heavy (non-hydrogen) atoms. The van der Waals surface area contributed by atoms with Crippen LogP contribution in [0.25, 0.3) is 0 Å². The van der Waals surface area contributed by atoms with Crippen LogP contribution in [0, 0.1) is 0 Å². The van der Waals surface area contributed by atoms with Crippen LogP contribution in [-0.2, 0) is 22.6 Å². The number of fused-ring (bicyclic) bond motifs is 2. The van der Waals surface area contributed by atoms with E-state index in [1.54, 1.807) is 6.07 Å². The third-order valence-corrected chi connectivity index (χ3v) is 6.20. The molecular weight excluding hydrogens is 455 g/mol. The number of ether oxygens (including phenoxy) is 1. The molecule has 3 aliphatic heterocycles. The Labute approximate surface area is 191 Å². The van der Waals surface area contributed by atoms with Gasteiger partial charge in [0, 0.05) is 36.3 Å². The second-order valence-corrected chi connectivity index (χ2v) is 8.32. The van der Waals surface area contributed by atoms with Crippen LogP contribution in [0.4, 0.5) is 18.9 Å². The Bertz CT molecular complexity index is 1240. The van der Waals surface area contributed by atoms with Gasteiger partial charge >= 0.3 is 6.36 Å². The van der Waals surface area contributed by atoms with E-state index in [0.717, 1.165) is 6.07 Å². The number of rotatable bonds is 3. The fourth-order valence-electron chi connectivity index (χ4n) is 4.65. The topological polar surface area (TPSA) is 96.0 Å². The van der Waals surface area contributed by atoms with E-state index in [9.17, 15) is 32.3 Å². The van der Waals surface area contributed by atoms with Crippen LogP contribution in [0.5, 0.6) is 5.75 Å². The zero-order chi connectivity index (χ0) is 24.2. The van der Waals surface area contributed by atoms with E-state index in [-0.39, 0.29) is 42.9 Å². The van der Waals surface area contributed by atoms with Crippen molar-refractivity contribution in [1.29, 1.82) is 0 Å². The minimum atomic E-state index is -4.80. The van der Waals surface area contributed by atoms with Crippen LogP contribution in [-0.4, -0.2) is 47.5 Å². The van der Waals surface area contributed by atoms with Crippen molar-refractivity contribution in [1.82, 2.24) is 10.2 Å². The SMILES string of the molecule is O=C1CCC(N2Cc3cc(C(=O)N4CCc5cc(OC(F)(F)F)ccc54)ccc3C2=O)C(=O)N1. The molecular formula is C23H18F3N3O5. The molecule has 1 fully saturated rings. The van der Waals surface area contributed by atoms with Crippen LogP contribution in [0.1, 0.15) is 44.7 Å². The second-order valence-electron chi connectivity index (χ2n) is 8.32. The molecule has 8 nitrogen and oxygen atoms in total. The van der Waals surface area contributed by atoms with Crippen molar-refractivity contribution in [3.63, 3.8) is 0 Å². The molecule has 0 aliphatic carbocycles. The molecule has 3 heterocycles. The Hall–Kier alpha value is -3.89. The standard InChI is InChI=1S/C23H18F3N3O5/c24-23(25,26)34-15-2-4-17-12(10-15)7-8-28(17)21(32)13-1-3-16-14(9-13)11-29(22(16)33)18-5-6-19(30)27-20(18)31/h1-4,9-10,18H,5-8,11H2,(H,27,30,31). The number of hydrogen-bond acceptors (Lipinski definition) is 5. The Morgan fingerprint density at radius 3 is 2.56 bits per heavy atom. The zero-order valence-electron chi connectivity index (χ0n) is 17.6. The van der Waals surface area contributed by atoms with E-state index in [4.69, 9.17) is 0 Å². The summed E-state index contributed by atoms with van der Waals surface area (Å²) in [5.41, 5.74) is 2.36. The second kappa shape index (κ2) is 7.86. The number of amides is 4. The van der Waals surface area contributed by atoms with Crippen LogP contribution in [0.15, 0.2) is 36.4 Å². The number of carbonyl (C=O) groups is 4. The molecule has 5 rings (SSSR count). The Morgan fingerprint density at radius 1 is 1.03 bits per heavy atom. The summed E-state index contributed by atoms with van der Waals surface area (Å²) in [5, 5.41) is 2.24. The van der Waals surface area contributed by atoms with Gasteiger partial charge in [0.1, 0.15) is 11.8 Å². The monoisotopic (exact) mass is 473 g/mol. The molecule has 0 spiro atoms. The first-order valence-electron chi connectivity index (χ1n) is 10.6. The Kier molecular flexibility index (Phi) is 5.07. The summed E-state index contributed by atoms with van der Waals surface area (Å²) >= 11 is 0. The van der Waals surface area contributed by atoms with E-state index in [2.05, 4.69) is 10.1 Å². The van der Waals surface area contributed by atoms with Gasteiger partial charge < -0.3 is 14.5 Å². The highest BCUT2D eigenvalue weighted by atomic mass is 19.4. The molecule has 2 aromatic carbocycles. The molecule has 1 unspecified atom stereocenters. The summed E-state index contributed by atoms with van der Waals surface area (Å²) in [6.45, 7) is 0.429. The van der Waals surface area contributed by atoms with Gasteiger partial charge in [-0.1, -0.05) is 0 Å². The van der Waals surface area contributed by atoms with Crippen molar-refractivity contribution in [3.05, 3.63) is 58.7 Å². The van der Waals surface area contributed by atoms with Crippen molar-refractivity contribution in [2.45, 2.75) is 38.2 Å². The number of alkyl halides is 3. The molecule has 0 bridgehead atoms. The van der Waals surface area contributed by atoms with Crippen LogP contribution < -0.4 is 15.0 Å². The largest absolute Gasteiger partial charge is 0.573 e. The first-order valence-corrected chi connectivity index (χ1v) is 10.6. The lowest BCUT2D eigenvalue weighted by Crippen LogP contribution is -2.52. The van der Waals surface area contributed by atoms with Gasteiger partial charge in [0.05, 0.1) is 0 Å². The Balaban J connectivity index is 1.35. The van der Waals surface area contributed by atoms with Crippen LogP contribution >= 0.6 is 0 Å². The summed E-state index contributed by atoms with van der Waals surface area (Å²) in [7, 11) is 0. The number of nitrogens with zero attached hydrogens (tertiary/aromatic N) is 2. The third kappa shape index (κ3) is 3.87. The van der Waals surface area contributed by atoms with E-state index in [0.29, 0.717) is 40.9 Å². The maximum Gasteiger partial charge on any atom is 0.573 e. The van der Waals surface area contributed by atoms with Gasteiger partial charge in [0.25, 0.3) is 11.8 Å². The predicted molar refractivity (Wildman–Crippen MR) is 111 cm³/mol. The summed E-state index contributed by atoms with van der Waals surface area (Å²) in [6, 6.07) is 7.76. The maximum absolute atomic E-state index is 13.2. The van der Waals surface area contributed by atoms with Gasteiger partial charge in [0.2, 0.25) is 11.8 Å². The first kappa shape index (κ1) is 21.9. The summed E-state index contributed by atoms with van der Waals surface area (Å²) in [6.07, 6.45) is -4.04. The van der Waals surface area contributed by atoms with Gasteiger partial charge in [0.15, 0.2) is 0 Å². The smallest absolute Gasteiger partial charge is 0.406 e. The molecule has 2 aromatic rings. The minimum Gasteiger partial charge on any atom is -0.406 e. The van der Waals surface area contributed by atoms with E-state index in [1.807, 2.05) is 0 Å². The molecule has 4 amide bonds. The normalized spacial score (nSPS) is 19.7. The van der Waals surface area contributed by atoms with Gasteiger partial charge in [-0.15, -0.1) is 13.2 Å². The average Bonchev–Trinajstić information content (AvgIpc) is 3.32. The lowest BCUT2D eigenvalue weighted by Gasteiger charge is -2.29. The lowest BCUT2D eigenvalue weighted by molar-refractivity contribution is -0.274. The first-order chi connectivity index (χ1) is 16.1. The fourth-order valence-corrected chi connectivity index (χ4v) is 4.65. The summed E-state index contributed by atoms with van der Waals surface area (Å²) in [4.78, 5) is 52.5. The van der Waals surface area contributed by atoms with Gasteiger partial charge in [-0.05, 0) is 60.4 Å². The average molecular weight is 473 g/mol. The fraction of sp³-hybridized carbons (Fsp3) is 0.304. The van der Waals surface area contributed by atoms with Crippen LogP contribution in [0.3, 0.4) is 0 Å². The highest BCUT2D eigenvalue weighted by molar-refractivity contribution is 6.09. The summed E-state index contributed by atoms with van der Waals surface area (Å²) in [5.74, 6) is -1.92. The van der Waals surface area contributed by atoms with Crippen molar-refractivity contribution in [2.75, 3.05) is 11.4 Å². The van der Waals surface area contributed by atoms with Gasteiger partial charge in [-0.3, -0.25) is 24.5 Å². The number of piperidine rings is 1. The molecule has 1 N–H and O–H groups in total. The number of nitrogens with one attached hydrogen (secondary N) is 1. The molecule has 1 saturated heterocycles. The molecule has 1 atom stereocenters. The highest BCUT2D eigenvalue weighted by Crippen LogP contribution is 2.35. The molecule has 0 saturated carbocycles. The zero-order valence-corrected chi connectivity index (χ0v) is 17.6. The minimum absolute atomic E-state index is 0.135.